The van der Waals surface area contributed by atoms with E-state index in [4.69, 9.17) is 24.7 Å². The van der Waals surface area contributed by atoms with Crippen LogP contribution in [0.25, 0.3) is 0 Å². The maximum atomic E-state index is 13.2. The molecule has 0 bridgehead atoms. The van der Waals surface area contributed by atoms with Crippen molar-refractivity contribution < 1.29 is 32.2 Å². The first-order chi connectivity index (χ1) is 16.3. The Bertz CT molecular complexity index is 1120. The molecule has 1 aliphatic heterocycles. The van der Waals surface area contributed by atoms with Crippen molar-refractivity contribution in [3.8, 4) is 5.75 Å². The highest BCUT2D eigenvalue weighted by molar-refractivity contribution is 7.89. The second-order valence-corrected chi connectivity index (χ2v) is 11.5. The number of methoxy groups -OCH3 is 2. The van der Waals surface area contributed by atoms with Crippen molar-refractivity contribution in [2.45, 2.75) is 56.3 Å². The summed E-state index contributed by atoms with van der Waals surface area (Å²) >= 11 is 0. The van der Waals surface area contributed by atoms with Crippen LogP contribution in [-0.2, 0) is 24.2 Å². The molecule has 0 aromatic heterocycles. The van der Waals surface area contributed by atoms with E-state index in [2.05, 4.69) is 4.72 Å². The lowest BCUT2D eigenvalue weighted by atomic mass is 9.87. The van der Waals surface area contributed by atoms with Gasteiger partial charge in [0, 0.05) is 25.8 Å². The van der Waals surface area contributed by atoms with Crippen molar-refractivity contribution in [2.75, 3.05) is 39.6 Å². The molecule has 1 aromatic carbocycles. The zero-order chi connectivity index (χ0) is 26.0. The Labute approximate surface area is 207 Å². The van der Waals surface area contributed by atoms with E-state index in [1.54, 1.807) is 53.2 Å². The average Bonchev–Trinajstić information content (AvgIpc) is 2.74. The Morgan fingerprint density at radius 3 is 2.51 bits per heavy atom. The van der Waals surface area contributed by atoms with Crippen molar-refractivity contribution in [2.24, 2.45) is 0 Å². The molecular weight excluding hydrogens is 474 g/mol. The average molecular weight is 510 g/mol. The number of nitrogen functional groups attached to an aromatic ring is 1. The van der Waals surface area contributed by atoms with Crippen LogP contribution in [0.15, 0.2) is 46.6 Å². The number of rotatable bonds is 8. The Morgan fingerprint density at radius 1 is 1.23 bits per heavy atom. The van der Waals surface area contributed by atoms with Gasteiger partial charge in [0.15, 0.2) is 0 Å². The minimum atomic E-state index is -3.98. The van der Waals surface area contributed by atoms with E-state index in [9.17, 15) is 13.2 Å². The van der Waals surface area contributed by atoms with Crippen LogP contribution in [0.5, 0.6) is 5.75 Å². The van der Waals surface area contributed by atoms with Crippen molar-refractivity contribution >= 4 is 21.8 Å². The summed E-state index contributed by atoms with van der Waals surface area (Å²) in [7, 11) is -0.826. The number of hydrogen-bond acceptors (Lipinski definition) is 8. The van der Waals surface area contributed by atoms with E-state index in [1.807, 2.05) is 6.92 Å². The number of amides is 1. The first-order valence-corrected chi connectivity index (χ1v) is 12.8. The van der Waals surface area contributed by atoms with E-state index in [1.165, 1.54) is 17.0 Å². The quantitative estimate of drug-likeness (QED) is 0.512. The van der Waals surface area contributed by atoms with Crippen LogP contribution in [0.2, 0.25) is 0 Å². The second-order valence-electron chi connectivity index (χ2n) is 9.80. The zero-order valence-corrected chi connectivity index (χ0v) is 21.9. The molecule has 3 N–H and O–H groups in total. The molecular formula is C24H35N3O7S. The maximum Gasteiger partial charge on any atom is 0.410 e. The van der Waals surface area contributed by atoms with E-state index in [-0.39, 0.29) is 29.0 Å². The number of nitrogens with zero attached hydrogens (tertiary/aromatic N) is 1. The van der Waals surface area contributed by atoms with Crippen molar-refractivity contribution in [3.63, 3.8) is 0 Å². The molecule has 1 unspecified atom stereocenters. The molecule has 1 atom stereocenters. The SMILES string of the molecule is COC1=CC=C(CNS(=O)(=O)c2cc(N)ccc2OC2CN(C(=O)OC(C)(C)C)C2)C(C)(OC)C1. The molecule has 1 amide bonds. The minimum Gasteiger partial charge on any atom is -0.501 e. The Morgan fingerprint density at radius 2 is 1.91 bits per heavy atom. The van der Waals surface area contributed by atoms with Crippen LogP contribution in [-0.4, -0.2) is 70.6 Å². The molecule has 0 spiro atoms. The van der Waals surface area contributed by atoms with Crippen LogP contribution in [0.1, 0.15) is 34.1 Å². The van der Waals surface area contributed by atoms with E-state index in [0.29, 0.717) is 19.5 Å². The fourth-order valence-corrected chi connectivity index (χ4v) is 4.89. The third-order valence-corrected chi connectivity index (χ3v) is 7.30. The lowest BCUT2D eigenvalue weighted by Gasteiger charge is -2.39. The van der Waals surface area contributed by atoms with Gasteiger partial charge < -0.3 is 29.6 Å². The first kappa shape index (κ1) is 26.8. The van der Waals surface area contributed by atoms with Gasteiger partial charge in [-0.05, 0) is 57.5 Å². The minimum absolute atomic E-state index is 0.0320. The van der Waals surface area contributed by atoms with Crippen molar-refractivity contribution in [3.05, 3.63) is 41.7 Å². The summed E-state index contributed by atoms with van der Waals surface area (Å²) in [6.07, 6.45) is 3.28. The summed E-state index contributed by atoms with van der Waals surface area (Å²) in [5.74, 6) is 0.905. The predicted molar refractivity (Wildman–Crippen MR) is 131 cm³/mol. The number of likely N-dealkylation sites (tertiary alicyclic amines) is 1. The largest absolute Gasteiger partial charge is 0.501 e. The summed E-state index contributed by atoms with van der Waals surface area (Å²) in [6.45, 7) is 7.87. The zero-order valence-electron chi connectivity index (χ0n) is 21.1. The van der Waals surface area contributed by atoms with Crippen molar-refractivity contribution in [1.82, 2.24) is 9.62 Å². The monoisotopic (exact) mass is 509 g/mol. The predicted octanol–water partition coefficient (Wildman–Crippen LogP) is 2.81. The maximum absolute atomic E-state index is 13.2. The normalized spacial score (nSPS) is 21.0. The Kier molecular flexibility index (Phi) is 7.73. The lowest BCUT2D eigenvalue weighted by Crippen LogP contribution is -2.57. The molecule has 0 saturated carbocycles. The van der Waals surface area contributed by atoms with Gasteiger partial charge in [-0.3, -0.25) is 0 Å². The fraction of sp³-hybridized carbons (Fsp3) is 0.542. The van der Waals surface area contributed by atoms with Gasteiger partial charge in [0.1, 0.15) is 22.4 Å². The van der Waals surface area contributed by atoms with Gasteiger partial charge in [0.05, 0.1) is 31.6 Å². The summed E-state index contributed by atoms with van der Waals surface area (Å²) in [4.78, 5) is 13.6. The standard InChI is InChI=1S/C24H35N3O7S/c1-23(2,3)34-22(28)27-14-19(15-27)33-20-10-8-17(25)11-21(20)35(29,30)26-13-16-7-9-18(31-5)12-24(16,4)32-6/h7-11,19,26H,12-15,25H2,1-6H3. The number of carbonyl (C=O) groups excluding carboxylic acids is 1. The van der Waals surface area contributed by atoms with Gasteiger partial charge >= 0.3 is 6.09 Å². The van der Waals surface area contributed by atoms with Crippen molar-refractivity contribution in [1.29, 1.82) is 0 Å². The number of carbonyl (C=O) groups is 1. The molecule has 35 heavy (non-hydrogen) atoms. The summed E-state index contributed by atoms with van der Waals surface area (Å²) in [5.41, 5.74) is 5.61. The molecule has 1 aliphatic carbocycles. The van der Waals surface area contributed by atoms with Gasteiger partial charge in [0.25, 0.3) is 0 Å². The molecule has 1 fully saturated rings. The third kappa shape index (κ3) is 6.47. The van der Waals surface area contributed by atoms with Crippen LogP contribution in [0, 0.1) is 0 Å². The molecule has 10 nitrogen and oxygen atoms in total. The molecule has 11 heteroatoms. The highest BCUT2D eigenvalue weighted by Gasteiger charge is 2.37. The number of ether oxygens (including phenoxy) is 4. The molecule has 1 aromatic rings. The number of anilines is 1. The summed E-state index contributed by atoms with van der Waals surface area (Å²) < 4.78 is 51.4. The molecule has 2 aliphatic rings. The van der Waals surface area contributed by atoms with Gasteiger partial charge in [-0.25, -0.2) is 17.9 Å². The van der Waals surface area contributed by atoms with Gasteiger partial charge in [-0.15, -0.1) is 0 Å². The fourth-order valence-electron chi connectivity index (χ4n) is 3.71. The third-order valence-electron chi connectivity index (χ3n) is 5.88. The molecule has 0 radical (unpaired) electrons. The summed E-state index contributed by atoms with van der Waals surface area (Å²) in [6, 6.07) is 4.45. The van der Waals surface area contributed by atoms with E-state index in [0.717, 1.165) is 11.3 Å². The number of allylic oxidation sites excluding steroid dienone is 2. The highest BCUT2D eigenvalue weighted by Crippen LogP contribution is 2.33. The smallest absolute Gasteiger partial charge is 0.410 e. The second kappa shape index (κ2) is 10.1. The van der Waals surface area contributed by atoms with Gasteiger partial charge in [-0.1, -0.05) is 6.08 Å². The van der Waals surface area contributed by atoms with Gasteiger partial charge in [-0.2, -0.15) is 0 Å². The molecule has 1 saturated heterocycles. The molecule has 3 rings (SSSR count). The number of nitrogens with two attached hydrogens (primary N) is 1. The molecule has 194 valence electrons. The van der Waals surface area contributed by atoms with Gasteiger partial charge in [0.2, 0.25) is 10.0 Å². The Balaban J connectivity index is 1.71. The van der Waals surface area contributed by atoms with Crippen LogP contribution >= 0.6 is 0 Å². The summed E-state index contributed by atoms with van der Waals surface area (Å²) in [5, 5.41) is 0. The lowest BCUT2D eigenvalue weighted by molar-refractivity contribution is -0.0228. The number of hydrogen-bond donors (Lipinski definition) is 2. The first-order valence-electron chi connectivity index (χ1n) is 11.3. The number of sulfonamides is 1. The van der Waals surface area contributed by atoms with E-state index < -0.39 is 27.3 Å². The Hall–Kier alpha value is -2.76. The highest BCUT2D eigenvalue weighted by atomic mass is 32.2. The van der Waals surface area contributed by atoms with Crippen LogP contribution in [0.4, 0.5) is 10.5 Å². The molecule has 1 heterocycles. The number of nitrogens with one attached hydrogen (secondary N) is 1. The topological polar surface area (TPSA) is 129 Å². The van der Waals surface area contributed by atoms with Crippen LogP contribution < -0.4 is 15.2 Å². The van der Waals surface area contributed by atoms with E-state index >= 15 is 0 Å². The number of benzene rings is 1. The van der Waals surface area contributed by atoms with Crippen LogP contribution in [0.3, 0.4) is 0 Å².